The molecule has 6 nitrogen and oxygen atoms in total. The van der Waals surface area contributed by atoms with Crippen LogP contribution in [0.3, 0.4) is 0 Å². The van der Waals surface area contributed by atoms with E-state index in [1.807, 2.05) is 42.5 Å². The topological polar surface area (TPSA) is 66.3 Å². The number of hydrogen-bond acceptors (Lipinski definition) is 6. The molecule has 0 saturated heterocycles. The second kappa shape index (κ2) is 7.53. The lowest BCUT2D eigenvalue weighted by atomic mass is 10.1. The third-order valence-electron chi connectivity index (χ3n) is 4.25. The van der Waals surface area contributed by atoms with Gasteiger partial charge in [0.25, 0.3) is 0 Å². The molecule has 0 spiro atoms. The Balaban J connectivity index is 1.52. The predicted octanol–water partition coefficient (Wildman–Crippen LogP) is 3.40. The average molecular weight is 365 g/mol. The SMILES string of the molecule is COc1ccc(CC2=N/C(=C/c3ccc4c(c3)OCCCO4)C(=O)O2)cc1. The van der Waals surface area contributed by atoms with Gasteiger partial charge in [0.2, 0.25) is 5.90 Å². The summed E-state index contributed by atoms with van der Waals surface area (Å²) in [5.41, 5.74) is 2.06. The Kier molecular flexibility index (Phi) is 4.78. The Morgan fingerprint density at radius 2 is 1.85 bits per heavy atom. The minimum absolute atomic E-state index is 0.271. The van der Waals surface area contributed by atoms with Gasteiger partial charge in [-0.15, -0.1) is 0 Å². The first-order valence-electron chi connectivity index (χ1n) is 8.75. The molecule has 2 aromatic rings. The molecule has 0 fully saturated rings. The summed E-state index contributed by atoms with van der Waals surface area (Å²) < 4.78 is 21.7. The molecule has 6 heteroatoms. The van der Waals surface area contributed by atoms with E-state index in [1.54, 1.807) is 13.2 Å². The van der Waals surface area contributed by atoms with Gasteiger partial charge in [-0.1, -0.05) is 18.2 Å². The van der Waals surface area contributed by atoms with Gasteiger partial charge >= 0.3 is 5.97 Å². The number of carbonyl (C=O) groups is 1. The molecule has 0 bridgehead atoms. The molecule has 0 amide bonds. The van der Waals surface area contributed by atoms with Crippen LogP contribution in [0.5, 0.6) is 17.2 Å². The summed E-state index contributed by atoms with van der Waals surface area (Å²) in [6, 6.07) is 13.1. The Bertz CT molecular complexity index is 915. The summed E-state index contributed by atoms with van der Waals surface area (Å²) in [7, 11) is 1.62. The number of aliphatic imine (C=N–C) groups is 1. The van der Waals surface area contributed by atoms with Crippen molar-refractivity contribution in [3.8, 4) is 17.2 Å². The lowest BCUT2D eigenvalue weighted by molar-refractivity contribution is -0.130. The van der Waals surface area contributed by atoms with Gasteiger partial charge in [0.15, 0.2) is 17.2 Å². The molecule has 0 atom stereocenters. The van der Waals surface area contributed by atoms with Crippen LogP contribution in [0.4, 0.5) is 0 Å². The van der Waals surface area contributed by atoms with Crippen LogP contribution in [0, 0.1) is 0 Å². The number of nitrogens with zero attached hydrogens (tertiary/aromatic N) is 1. The zero-order chi connectivity index (χ0) is 18.6. The van der Waals surface area contributed by atoms with Crippen molar-refractivity contribution in [2.24, 2.45) is 4.99 Å². The number of methoxy groups -OCH3 is 1. The van der Waals surface area contributed by atoms with Crippen LogP contribution in [0.15, 0.2) is 53.2 Å². The molecule has 0 aromatic heterocycles. The van der Waals surface area contributed by atoms with E-state index in [1.165, 1.54) is 0 Å². The van der Waals surface area contributed by atoms with Crippen LogP contribution in [-0.4, -0.2) is 32.2 Å². The van der Waals surface area contributed by atoms with Crippen molar-refractivity contribution in [1.82, 2.24) is 0 Å². The van der Waals surface area contributed by atoms with Crippen LogP contribution in [-0.2, 0) is 16.0 Å². The fraction of sp³-hybridized carbons (Fsp3) is 0.238. The fourth-order valence-electron chi connectivity index (χ4n) is 2.87. The first-order chi connectivity index (χ1) is 13.2. The number of hydrogen-bond donors (Lipinski definition) is 0. The maximum absolute atomic E-state index is 12.1. The lowest BCUT2D eigenvalue weighted by Crippen LogP contribution is -2.06. The summed E-state index contributed by atoms with van der Waals surface area (Å²) in [5.74, 6) is 2.10. The molecule has 0 N–H and O–H groups in total. The Hall–Kier alpha value is -3.28. The quantitative estimate of drug-likeness (QED) is 0.614. The number of carbonyl (C=O) groups excluding carboxylic acids is 1. The molecule has 2 aromatic carbocycles. The molecule has 2 heterocycles. The number of rotatable bonds is 4. The van der Waals surface area contributed by atoms with Gasteiger partial charge in [0.05, 0.1) is 20.3 Å². The van der Waals surface area contributed by atoms with Gasteiger partial charge in [0.1, 0.15) is 5.75 Å². The largest absolute Gasteiger partial charge is 0.497 e. The zero-order valence-corrected chi connectivity index (χ0v) is 14.9. The van der Waals surface area contributed by atoms with E-state index in [0.717, 1.165) is 23.3 Å². The second-order valence-corrected chi connectivity index (χ2v) is 6.21. The van der Waals surface area contributed by atoms with Crippen LogP contribution in [0.1, 0.15) is 17.5 Å². The molecule has 27 heavy (non-hydrogen) atoms. The van der Waals surface area contributed by atoms with Crippen molar-refractivity contribution >= 4 is 17.9 Å². The van der Waals surface area contributed by atoms with E-state index in [4.69, 9.17) is 18.9 Å². The molecule has 4 rings (SSSR count). The standard InChI is InChI=1S/C21H19NO5/c1-24-16-6-3-14(4-7-16)13-20-22-17(21(23)27-20)11-15-5-8-18-19(12-15)26-10-2-9-25-18/h3-8,11-12H,2,9-10,13H2,1H3/b17-11+. The molecule has 138 valence electrons. The normalized spacial score (nSPS) is 17.3. The van der Waals surface area contributed by atoms with E-state index >= 15 is 0 Å². The van der Waals surface area contributed by atoms with Gasteiger partial charge in [-0.2, -0.15) is 0 Å². The van der Waals surface area contributed by atoms with Gasteiger partial charge < -0.3 is 18.9 Å². The zero-order valence-electron chi connectivity index (χ0n) is 14.9. The smallest absolute Gasteiger partial charge is 0.363 e. The molecule has 2 aliphatic heterocycles. The molecule has 0 radical (unpaired) electrons. The van der Waals surface area contributed by atoms with Crippen molar-refractivity contribution in [2.45, 2.75) is 12.8 Å². The summed E-state index contributed by atoms with van der Waals surface area (Å²) in [5, 5.41) is 0. The van der Waals surface area contributed by atoms with Crippen molar-refractivity contribution in [3.05, 3.63) is 59.3 Å². The first kappa shape index (κ1) is 17.1. The maximum atomic E-state index is 12.1. The number of benzene rings is 2. The number of ether oxygens (including phenoxy) is 4. The highest BCUT2D eigenvalue weighted by atomic mass is 16.6. The van der Waals surface area contributed by atoms with Crippen molar-refractivity contribution < 1.29 is 23.7 Å². The third kappa shape index (κ3) is 3.95. The number of esters is 1. The Morgan fingerprint density at radius 1 is 1.07 bits per heavy atom. The first-order valence-corrected chi connectivity index (χ1v) is 8.75. The Labute approximate surface area is 157 Å². The van der Waals surface area contributed by atoms with E-state index in [-0.39, 0.29) is 5.70 Å². The van der Waals surface area contributed by atoms with E-state index in [0.29, 0.717) is 37.0 Å². The van der Waals surface area contributed by atoms with Crippen molar-refractivity contribution in [3.63, 3.8) is 0 Å². The molecule has 0 saturated carbocycles. The molecule has 0 aliphatic carbocycles. The highest BCUT2D eigenvalue weighted by Gasteiger charge is 2.23. The summed E-state index contributed by atoms with van der Waals surface area (Å²) >= 11 is 0. The fourth-order valence-corrected chi connectivity index (χ4v) is 2.87. The number of cyclic esters (lactones) is 1. The van der Waals surface area contributed by atoms with Crippen molar-refractivity contribution in [1.29, 1.82) is 0 Å². The summed E-state index contributed by atoms with van der Waals surface area (Å²) in [6.45, 7) is 1.25. The average Bonchev–Trinajstić information content (AvgIpc) is 2.88. The minimum atomic E-state index is -0.453. The van der Waals surface area contributed by atoms with Crippen LogP contribution < -0.4 is 14.2 Å². The molecular weight excluding hydrogens is 346 g/mol. The van der Waals surface area contributed by atoms with Crippen LogP contribution >= 0.6 is 0 Å². The maximum Gasteiger partial charge on any atom is 0.363 e. The molecular formula is C21H19NO5. The second-order valence-electron chi connectivity index (χ2n) is 6.21. The minimum Gasteiger partial charge on any atom is -0.497 e. The Morgan fingerprint density at radius 3 is 2.63 bits per heavy atom. The van der Waals surface area contributed by atoms with Crippen LogP contribution in [0.25, 0.3) is 6.08 Å². The van der Waals surface area contributed by atoms with E-state index in [2.05, 4.69) is 4.99 Å². The lowest BCUT2D eigenvalue weighted by Gasteiger charge is -2.07. The van der Waals surface area contributed by atoms with Crippen LogP contribution in [0.2, 0.25) is 0 Å². The molecule has 0 unspecified atom stereocenters. The molecule has 2 aliphatic rings. The van der Waals surface area contributed by atoms with E-state index < -0.39 is 5.97 Å². The van der Waals surface area contributed by atoms with Gasteiger partial charge in [0, 0.05) is 12.8 Å². The van der Waals surface area contributed by atoms with Gasteiger partial charge in [-0.25, -0.2) is 9.79 Å². The number of fused-ring (bicyclic) bond motifs is 1. The highest BCUT2D eigenvalue weighted by Crippen LogP contribution is 2.31. The monoisotopic (exact) mass is 365 g/mol. The summed E-state index contributed by atoms with van der Waals surface area (Å²) in [6.07, 6.45) is 2.97. The van der Waals surface area contributed by atoms with E-state index in [9.17, 15) is 4.79 Å². The van der Waals surface area contributed by atoms with Crippen molar-refractivity contribution in [2.75, 3.05) is 20.3 Å². The predicted molar refractivity (Wildman–Crippen MR) is 100 cm³/mol. The third-order valence-corrected chi connectivity index (χ3v) is 4.25. The highest BCUT2D eigenvalue weighted by molar-refractivity contribution is 6.07. The van der Waals surface area contributed by atoms with Gasteiger partial charge in [-0.3, -0.25) is 0 Å². The van der Waals surface area contributed by atoms with Gasteiger partial charge in [-0.05, 0) is 41.5 Å². The summed E-state index contributed by atoms with van der Waals surface area (Å²) in [4.78, 5) is 16.5.